The first-order chi connectivity index (χ1) is 13.8. The summed E-state index contributed by atoms with van der Waals surface area (Å²) in [4.78, 5) is 22.9. The molecule has 1 unspecified atom stereocenters. The van der Waals surface area contributed by atoms with E-state index in [0.29, 0.717) is 31.6 Å². The van der Waals surface area contributed by atoms with E-state index in [0.717, 1.165) is 6.07 Å². The van der Waals surface area contributed by atoms with Crippen LogP contribution in [0.15, 0.2) is 23.1 Å². The maximum Gasteiger partial charge on any atom is 0.417 e. The van der Waals surface area contributed by atoms with Gasteiger partial charge in [0.05, 0.1) is 34.9 Å². The number of halogens is 3. The highest BCUT2D eigenvalue weighted by Crippen LogP contribution is 2.38. The highest BCUT2D eigenvalue weighted by Gasteiger charge is 2.37. The Bertz CT molecular complexity index is 1060. The van der Waals surface area contributed by atoms with Gasteiger partial charge in [-0.3, -0.25) is 4.79 Å². The lowest BCUT2D eigenvalue weighted by atomic mass is 9.92. The Morgan fingerprint density at radius 2 is 2.17 bits per heavy atom. The van der Waals surface area contributed by atoms with Gasteiger partial charge in [-0.2, -0.15) is 13.2 Å². The smallest absolute Gasteiger partial charge is 0.337 e. The fourth-order valence-electron chi connectivity index (χ4n) is 3.86. The zero-order valence-electron chi connectivity index (χ0n) is 16.0. The highest BCUT2D eigenvalue weighted by molar-refractivity contribution is 5.92. The largest absolute Gasteiger partial charge is 0.417 e. The van der Waals surface area contributed by atoms with Gasteiger partial charge in [0.25, 0.3) is 11.6 Å². The second kappa shape index (κ2) is 7.16. The summed E-state index contributed by atoms with van der Waals surface area (Å²) >= 11 is 0. The first-order valence-corrected chi connectivity index (χ1v) is 9.43. The van der Waals surface area contributed by atoms with Crippen LogP contribution < -0.4 is 0 Å². The number of hydrogen-bond donors (Lipinski definition) is 0. The highest BCUT2D eigenvalue weighted by atomic mass is 19.4. The summed E-state index contributed by atoms with van der Waals surface area (Å²) in [6.07, 6.45) is -0.137. The molecule has 3 aromatic rings. The number of carbonyl (C=O) groups excluding carboxylic acids is 1. The molecule has 0 radical (unpaired) electrons. The van der Waals surface area contributed by atoms with Crippen molar-refractivity contribution in [2.45, 2.75) is 45.3 Å². The second-order valence-corrected chi connectivity index (χ2v) is 7.20. The van der Waals surface area contributed by atoms with Gasteiger partial charge in [0, 0.05) is 25.6 Å². The third kappa shape index (κ3) is 3.47. The summed E-state index contributed by atoms with van der Waals surface area (Å²) < 4.78 is 47.6. The maximum atomic E-state index is 13.6. The van der Waals surface area contributed by atoms with Gasteiger partial charge in [-0.05, 0) is 32.8 Å². The first-order valence-electron chi connectivity index (χ1n) is 9.43. The lowest BCUT2D eigenvalue weighted by Gasteiger charge is -2.32. The van der Waals surface area contributed by atoms with Crippen molar-refractivity contribution in [3.63, 3.8) is 0 Å². The van der Waals surface area contributed by atoms with Crippen LogP contribution in [0, 0.1) is 6.92 Å². The molecule has 29 heavy (non-hydrogen) atoms. The minimum atomic E-state index is -4.55. The molecular formula is C19H20F3N5O2. The SMILES string of the molecule is CCn1cncc1C(=O)N1CCCC(c2cc(C(F)(F)F)c3c(C)noc3n2)C1. The summed E-state index contributed by atoms with van der Waals surface area (Å²) in [5, 5.41) is 3.53. The van der Waals surface area contributed by atoms with Gasteiger partial charge in [-0.15, -0.1) is 0 Å². The summed E-state index contributed by atoms with van der Waals surface area (Å²) in [7, 11) is 0. The third-order valence-electron chi connectivity index (χ3n) is 5.34. The van der Waals surface area contributed by atoms with E-state index < -0.39 is 11.7 Å². The molecule has 1 amide bonds. The fraction of sp³-hybridized carbons (Fsp3) is 0.474. The Morgan fingerprint density at radius 3 is 2.90 bits per heavy atom. The number of rotatable bonds is 3. The van der Waals surface area contributed by atoms with Crippen LogP contribution >= 0.6 is 0 Å². The molecule has 4 rings (SSSR count). The second-order valence-electron chi connectivity index (χ2n) is 7.20. The molecule has 1 saturated heterocycles. The molecule has 0 aliphatic carbocycles. The Morgan fingerprint density at radius 1 is 1.38 bits per heavy atom. The number of piperidine rings is 1. The minimum Gasteiger partial charge on any atom is -0.337 e. The van der Waals surface area contributed by atoms with Crippen LogP contribution in [0.5, 0.6) is 0 Å². The molecule has 0 spiro atoms. The van der Waals surface area contributed by atoms with Gasteiger partial charge in [0.2, 0.25) is 0 Å². The van der Waals surface area contributed by atoms with Gasteiger partial charge in [0.1, 0.15) is 5.69 Å². The molecule has 0 saturated carbocycles. The summed E-state index contributed by atoms with van der Waals surface area (Å²) in [6, 6.07) is 1.07. The number of alkyl halides is 3. The number of pyridine rings is 1. The quantitative estimate of drug-likeness (QED) is 0.660. The predicted molar refractivity (Wildman–Crippen MR) is 97.3 cm³/mol. The minimum absolute atomic E-state index is 0.114. The number of amides is 1. The number of aryl methyl sites for hydroxylation is 2. The van der Waals surface area contributed by atoms with Crippen LogP contribution in [0.3, 0.4) is 0 Å². The van der Waals surface area contributed by atoms with E-state index in [9.17, 15) is 18.0 Å². The molecule has 7 nitrogen and oxygen atoms in total. The van der Waals surface area contributed by atoms with Crippen molar-refractivity contribution in [2.75, 3.05) is 13.1 Å². The molecule has 3 aromatic heterocycles. The van der Waals surface area contributed by atoms with Crippen LogP contribution in [0.2, 0.25) is 0 Å². The Balaban J connectivity index is 1.66. The van der Waals surface area contributed by atoms with Gasteiger partial charge in [-0.25, -0.2) is 9.97 Å². The summed E-state index contributed by atoms with van der Waals surface area (Å²) in [6.45, 7) is 4.81. The summed E-state index contributed by atoms with van der Waals surface area (Å²) in [5.74, 6) is -0.497. The average molecular weight is 407 g/mol. The van der Waals surface area contributed by atoms with Crippen molar-refractivity contribution in [3.8, 4) is 0 Å². The van der Waals surface area contributed by atoms with Gasteiger partial charge >= 0.3 is 6.18 Å². The third-order valence-corrected chi connectivity index (χ3v) is 5.34. The van der Waals surface area contributed by atoms with Gasteiger partial charge in [0.15, 0.2) is 0 Å². The number of fused-ring (bicyclic) bond motifs is 1. The summed E-state index contributed by atoms with van der Waals surface area (Å²) in [5.41, 5.74) is -0.0379. The molecule has 1 fully saturated rings. The number of nitrogens with zero attached hydrogens (tertiary/aromatic N) is 5. The standard InChI is InChI=1S/C19H20F3N5O2/c1-3-26-10-23-8-15(26)18(28)27-6-4-5-12(9-27)14-7-13(19(20,21)22)16-11(2)25-29-17(16)24-14/h7-8,10,12H,3-6,9H2,1-2H3. The van der Waals surface area contributed by atoms with Gasteiger partial charge < -0.3 is 14.0 Å². The normalized spacial score (nSPS) is 17.8. The van der Waals surface area contributed by atoms with E-state index in [1.807, 2.05) is 6.92 Å². The molecule has 10 heteroatoms. The van der Waals surface area contributed by atoms with E-state index in [4.69, 9.17) is 4.52 Å². The van der Waals surface area contributed by atoms with Crippen molar-refractivity contribution in [1.29, 1.82) is 0 Å². The molecule has 1 aliphatic heterocycles. The Labute approximate surface area is 164 Å². The van der Waals surface area contributed by atoms with Crippen molar-refractivity contribution in [1.82, 2.24) is 24.6 Å². The molecule has 1 aliphatic rings. The van der Waals surface area contributed by atoms with E-state index >= 15 is 0 Å². The predicted octanol–water partition coefficient (Wildman–Crippen LogP) is 3.79. The number of aromatic nitrogens is 4. The van der Waals surface area contributed by atoms with Crippen LogP contribution in [0.25, 0.3) is 11.1 Å². The van der Waals surface area contributed by atoms with Crippen LogP contribution in [0.1, 0.15) is 53.1 Å². The molecule has 1 atom stereocenters. The lowest BCUT2D eigenvalue weighted by molar-refractivity contribution is -0.136. The molecular weight excluding hydrogens is 387 g/mol. The van der Waals surface area contributed by atoms with Gasteiger partial charge in [-0.1, -0.05) is 5.16 Å². The number of likely N-dealkylation sites (tertiary alicyclic amines) is 1. The Kier molecular flexibility index (Phi) is 4.79. The maximum absolute atomic E-state index is 13.6. The van der Waals surface area contributed by atoms with E-state index in [1.54, 1.807) is 15.8 Å². The average Bonchev–Trinajstić information content (AvgIpc) is 3.33. The zero-order valence-corrected chi connectivity index (χ0v) is 16.0. The number of hydrogen-bond acceptors (Lipinski definition) is 5. The van der Waals surface area contributed by atoms with E-state index in [-0.39, 0.29) is 40.9 Å². The van der Waals surface area contributed by atoms with E-state index in [2.05, 4.69) is 15.1 Å². The monoisotopic (exact) mass is 407 g/mol. The van der Waals surface area contributed by atoms with Crippen molar-refractivity contribution in [3.05, 3.63) is 41.2 Å². The van der Waals surface area contributed by atoms with E-state index in [1.165, 1.54) is 13.1 Å². The molecule has 0 bridgehead atoms. The lowest BCUT2D eigenvalue weighted by Crippen LogP contribution is -2.40. The molecule has 4 heterocycles. The molecule has 154 valence electrons. The van der Waals surface area contributed by atoms with Crippen molar-refractivity contribution in [2.24, 2.45) is 0 Å². The van der Waals surface area contributed by atoms with Crippen LogP contribution in [-0.4, -0.2) is 43.6 Å². The Hall–Kier alpha value is -2.91. The first kappa shape index (κ1) is 19.4. The fourth-order valence-corrected chi connectivity index (χ4v) is 3.86. The topological polar surface area (TPSA) is 77.0 Å². The zero-order chi connectivity index (χ0) is 20.8. The number of carbonyl (C=O) groups is 1. The van der Waals surface area contributed by atoms with Crippen LogP contribution in [-0.2, 0) is 12.7 Å². The van der Waals surface area contributed by atoms with Crippen LogP contribution in [0.4, 0.5) is 13.2 Å². The molecule has 0 N–H and O–H groups in total. The molecule has 0 aromatic carbocycles. The number of imidazole rings is 1. The van der Waals surface area contributed by atoms with Crippen molar-refractivity contribution >= 4 is 17.0 Å². The van der Waals surface area contributed by atoms with Crippen molar-refractivity contribution < 1.29 is 22.5 Å².